The lowest BCUT2D eigenvalue weighted by Crippen LogP contribution is -2.22. The highest BCUT2D eigenvalue weighted by molar-refractivity contribution is 7.17. The van der Waals surface area contributed by atoms with E-state index in [1.807, 2.05) is 10.3 Å². The zero-order valence-electron chi connectivity index (χ0n) is 16.3. The van der Waals surface area contributed by atoms with E-state index in [1.54, 1.807) is 19.2 Å². The van der Waals surface area contributed by atoms with Crippen molar-refractivity contribution in [1.29, 1.82) is 0 Å². The van der Waals surface area contributed by atoms with Crippen molar-refractivity contribution in [3.8, 4) is 11.1 Å². The van der Waals surface area contributed by atoms with Gasteiger partial charge in [0.15, 0.2) is 0 Å². The first kappa shape index (κ1) is 21.1. The van der Waals surface area contributed by atoms with E-state index in [0.717, 1.165) is 5.56 Å². The van der Waals surface area contributed by atoms with Crippen LogP contribution in [-0.2, 0) is 13.1 Å². The third-order valence-corrected chi connectivity index (χ3v) is 5.99. The quantitative estimate of drug-likeness (QED) is 0.325. The first-order valence-corrected chi connectivity index (χ1v) is 10.5. The Bertz CT molecular complexity index is 1340. The summed E-state index contributed by atoms with van der Waals surface area (Å²) in [5.41, 5.74) is 1.74. The molecule has 2 aromatic carbocycles. The molecule has 0 atom stereocenters. The number of nitro benzene ring substituents is 1. The molecule has 158 valence electrons. The lowest BCUT2D eigenvalue weighted by atomic mass is 10.1. The van der Waals surface area contributed by atoms with E-state index in [-0.39, 0.29) is 17.1 Å². The van der Waals surface area contributed by atoms with Crippen LogP contribution in [-0.4, -0.2) is 26.8 Å². The predicted molar refractivity (Wildman–Crippen MR) is 119 cm³/mol. The average molecular weight is 459 g/mol. The lowest BCUT2D eigenvalue weighted by molar-refractivity contribution is -0.384. The molecule has 0 amide bonds. The predicted octanol–water partition coefficient (Wildman–Crippen LogP) is 4.98. The Morgan fingerprint density at radius 1 is 1.23 bits per heavy atom. The van der Waals surface area contributed by atoms with Crippen molar-refractivity contribution in [1.82, 2.24) is 14.9 Å². The summed E-state index contributed by atoms with van der Waals surface area (Å²) in [7, 11) is 1.80. The number of benzene rings is 2. The number of nitrogens with zero attached hydrogens (tertiary/aromatic N) is 3. The Morgan fingerprint density at radius 3 is 2.68 bits per heavy atom. The van der Waals surface area contributed by atoms with Gasteiger partial charge in [0.25, 0.3) is 11.2 Å². The third kappa shape index (κ3) is 4.48. The molecule has 0 radical (unpaired) electrons. The van der Waals surface area contributed by atoms with Crippen LogP contribution in [0.4, 0.5) is 10.1 Å². The van der Waals surface area contributed by atoms with E-state index in [0.29, 0.717) is 45.3 Å². The summed E-state index contributed by atoms with van der Waals surface area (Å²) in [6.07, 6.45) is 0. The zero-order chi connectivity index (χ0) is 22.1. The Balaban J connectivity index is 1.58. The molecular formula is C21H16ClFN4O3S. The van der Waals surface area contributed by atoms with E-state index >= 15 is 0 Å². The highest BCUT2D eigenvalue weighted by atomic mass is 35.5. The van der Waals surface area contributed by atoms with Crippen LogP contribution in [0.1, 0.15) is 11.4 Å². The first-order valence-electron chi connectivity index (χ1n) is 9.19. The number of nitro groups is 1. The second-order valence-corrected chi connectivity index (χ2v) is 8.32. The van der Waals surface area contributed by atoms with Gasteiger partial charge < -0.3 is 4.98 Å². The van der Waals surface area contributed by atoms with Gasteiger partial charge in [-0.15, -0.1) is 11.3 Å². The van der Waals surface area contributed by atoms with Crippen molar-refractivity contribution in [2.45, 2.75) is 13.1 Å². The molecule has 0 bridgehead atoms. The van der Waals surface area contributed by atoms with Gasteiger partial charge >= 0.3 is 0 Å². The third-order valence-electron chi connectivity index (χ3n) is 4.75. The van der Waals surface area contributed by atoms with Gasteiger partial charge in [-0.2, -0.15) is 0 Å². The maximum Gasteiger partial charge on any atom is 0.269 e. The number of rotatable bonds is 6. The van der Waals surface area contributed by atoms with E-state index in [9.17, 15) is 19.3 Å². The standard InChI is InChI=1S/C21H16ClFN4O3S/c1-26(9-13-8-15(27(29)30)6-7-17(13)22)10-18-24-20(28)19-16(11-31-21(19)25-18)12-2-4-14(23)5-3-12/h2-8,11H,9-10H2,1H3,(H,24,25,28). The number of hydrogen-bond acceptors (Lipinski definition) is 6. The maximum atomic E-state index is 13.2. The minimum Gasteiger partial charge on any atom is -0.309 e. The fourth-order valence-corrected chi connectivity index (χ4v) is 4.45. The van der Waals surface area contributed by atoms with Gasteiger partial charge in [-0.05, 0) is 36.4 Å². The number of halogens is 2. The molecule has 0 aliphatic rings. The zero-order valence-corrected chi connectivity index (χ0v) is 17.8. The second-order valence-electron chi connectivity index (χ2n) is 7.05. The van der Waals surface area contributed by atoms with E-state index < -0.39 is 4.92 Å². The smallest absolute Gasteiger partial charge is 0.269 e. The fraction of sp³-hybridized carbons (Fsp3) is 0.143. The molecule has 7 nitrogen and oxygen atoms in total. The SMILES string of the molecule is CN(Cc1nc2scc(-c3ccc(F)cc3)c2c(=O)[nH]1)Cc1cc([N+](=O)[O-])ccc1Cl. The summed E-state index contributed by atoms with van der Waals surface area (Å²) in [5, 5.41) is 13.7. The van der Waals surface area contributed by atoms with Gasteiger partial charge in [-0.1, -0.05) is 23.7 Å². The molecule has 0 aliphatic carbocycles. The van der Waals surface area contributed by atoms with Crippen molar-refractivity contribution < 1.29 is 9.31 Å². The normalized spacial score (nSPS) is 11.4. The monoisotopic (exact) mass is 458 g/mol. The molecule has 0 aliphatic heterocycles. The number of aromatic amines is 1. The summed E-state index contributed by atoms with van der Waals surface area (Å²) in [5.74, 6) is 0.124. The number of fused-ring (bicyclic) bond motifs is 1. The Kier molecular flexibility index (Phi) is 5.81. The van der Waals surface area contributed by atoms with E-state index in [2.05, 4.69) is 9.97 Å². The first-order chi connectivity index (χ1) is 14.8. The summed E-state index contributed by atoms with van der Waals surface area (Å²) in [6, 6.07) is 10.2. The van der Waals surface area contributed by atoms with Crippen molar-refractivity contribution >= 4 is 38.8 Å². The van der Waals surface area contributed by atoms with Crippen molar-refractivity contribution in [2.24, 2.45) is 0 Å². The molecule has 10 heteroatoms. The summed E-state index contributed by atoms with van der Waals surface area (Å²) in [4.78, 5) is 33.1. The molecule has 0 saturated carbocycles. The largest absolute Gasteiger partial charge is 0.309 e. The van der Waals surface area contributed by atoms with Crippen LogP contribution in [0.2, 0.25) is 5.02 Å². The Morgan fingerprint density at radius 2 is 1.97 bits per heavy atom. The second kappa shape index (κ2) is 8.54. The van der Waals surface area contributed by atoms with Crippen molar-refractivity contribution in [3.63, 3.8) is 0 Å². The molecule has 0 spiro atoms. The van der Waals surface area contributed by atoms with Gasteiger partial charge in [0.05, 0.1) is 16.9 Å². The van der Waals surface area contributed by atoms with Gasteiger partial charge in [0.1, 0.15) is 16.5 Å². The van der Waals surface area contributed by atoms with Crippen molar-refractivity contribution in [2.75, 3.05) is 7.05 Å². The fourth-order valence-electron chi connectivity index (χ4n) is 3.31. The van der Waals surface area contributed by atoms with Gasteiger partial charge in [0.2, 0.25) is 0 Å². The molecule has 0 fully saturated rings. The number of non-ortho nitro benzene ring substituents is 1. The molecule has 0 unspecified atom stereocenters. The summed E-state index contributed by atoms with van der Waals surface area (Å²) < 4.78 is 13.2. The molecule has 2 heterocycles. The van der Waals surface area contributed by atoms with Crippen LogP contribution in [0.5, 0.6) is 0 Å². The molecule has 1 N–H and O–H groups in total. The number of hydrogen-bond donors (Lipinski definition) is 1. The number of nitrogens with one attached hydrogen (secondary N) is 1. The minimum absolute atomic E-state index is 0.0346. The summed E-state index contributed by atoms with van der Waals surface area (Å²) in [6.45, 7) is 0.654. The highest BCUT2D eigenvalue weighted by Gasteiger charge is 2.15. The van der Waals surface area contributed by atoms with Crippen LogP contribution >= 0.6 is 22.9 Å². The summed E-state index contributed by atoms with van der Waals surface area (Å²) >= 11 is 7.52. The minimum atomic E-state index is -0.470. The number of thiophene rings is 1. The van der Waals surface area contributed by atoms with Gasteiger partial charge in [0, 0.05) is 34.6 Å². The van der Waals surface area contributed by atoms with Crippen LogP contribution in [0.25, 0.3) is 21.3 Å². The number of H-pyrrole nitrogens is 1. The number of aromatic nitrogens is 2. The Labute approximate surface area is 184 Å². The van der Waals surface area contributed by atoms with E-state index in [4.69, 9.17) is 11.6 Å². The highest BCUT2D eigenvalue weighted by Crippen LogP contribution is 2.31. The van der Waals surface area contributed by atoms with Gasteiger partial charge in [-0.3, -0.25) is 19.8 Å². The van der Waals surface area contributed by atoms with E-state index in [1.165, 1.54) is 41.7 Å². The lowest BCUT2D eigenvalue weighted by Gasteiger charge is -2.16. The average Bonchev–Trinajstić information content (AvgIpc) is 3.14. The van der Waals surface area contributed by atoms with Crippen LogP contribution in [0, 0.1) is 15.9 Å². The molecule has 0 saturated heterocycles. The van der Waals surface area contributed by atoms with Crippen LogP contribution < -0.4 is 5.56 Å². The van der Waals surface area contributed by atoms with Crippen LogP contribution in [0.3, 0.4) is 0 Å². The Hall–Kier alpha value is -3.14. The topological polar surface area (TPSA) is 92.1 Å². The van der Waals surface area contributed by atoms with Crippen molar-refractivity contribution in [3.05, 3.63) is 90.5 Å². The molecule has 2 aromatic heterocycles. The van der Waals surface area contributed by atoms with Gasteiger partial charge in [-0.25, -0.2) is 9.37 Å². The van der Waals surface area contributed by atoms with Crippen LogP contribution in [0.15, 0.2) is 52.6 Å². The molecule has 4 aromatic rings. The molecule has 4 rings (SSSR count). The molecular weight excluding hydrogens is 443 g/mol. The maximum absolute atomic E-state index is 13.2. The molecule has 31 heavy (non-hydrogen) atoms.